The molecule has 5 rings (SSSR count). The van der Waals surface area contributed by atoms with Crippen molar-refractivity contribution in [2.24, 2.45) is 0 Å². The zero-order valence-electron chi connectivity index (χ0n) is 15.4. The van der Waals surface area contributed by atoms with Crippen LogP contribution in [0.4, 0.5) is 13.2 Å². The zero-order valence-corrected chi connectivity index (χ0v) is 15.4. The Hall–Kier alpha value is -2.18. The molecule has 3 aliphatic heterocycles. The van der Waals surface area contributed by atoms with Gasteiger partial charge in [0.25, 0.3) is 0 Å². The molecule has 3 aliphatic rings. The zero-order chi connectivity index (χ0) is 19.8. The number of rotatable bonds is 5. The Morgan fingerprint density at radius 2 is 1.64 bits per heavy atom. The van der Waals surface area contributed by atoms with Crippen molar-refractivity contribution in [2.45, 2.75) is 43.5 Å². The molecule has 0 spiro atoms. The molecule has 2 aromatic carbocycles. The molecule has 2 aromatic rings. The minimum absolute atomic E-state index is 0.0261. The number of carbonyl (C=O) groups is 1. The number of ether oxygens (including phenoxy) is 1. The fourth-order valence-electron chi connectivity index (χ4n) is 4.02. The first-order valence-corrected chi connectivity index (χ1v) is 9.49. The van der Waals surface area contributed by atoms with Crippen molar-refractivity contribution in [2.75, 3.05) is 13.2 Å². The third-order valence-corrected chi connectivity index (χ3v) is 5.70. The van der Waals surface area contributed by atoms with Crippen LogP contribution in [0.3, 0.4) is 0 Å². The number of benzene rings is 2. The van der Waals surface area contributed by atoms with E-state index >= 15 is 0 Å². The van der Waals surface area contributed by atoms with Crippen LogP contribution < -0.4 is 5.32 Å². The highest BCUT2D eigenvalue weighted by molar-refractivity contribution is 5.83. The second kappa shape index (κ2) is 7.33. The van der Waals surface area contributed by atoms with Crippen molar-refractivity contribution in [3.8, 4) is 0 Å². The van der Waals surface area contributed by atoms with Gasteiger partial charge in [0.2, 0.25) is 0 Å². The summed E-state index contributed by atoms with van der Waals surface area (Å²) in [6.45, 7) is 1.54. The third-order valence-electron chi connectivity index (χ3n) is 5.70. The number of piperidine rings is 1. The van der Waals surface area contributed by atoms with Crippen molar-refractivity contribution in [1.29, 1.82) is 0 Å². The van der Waals surface area contributed by atoms with Gasteiger partial charge in [-0.3, -0.25) is 4.79 Å². The van der Waals surface area contributed by atoms with Gasteiger partial charge < -0.3 is 10.1 Å². The van der Waals surface area contributed by atoms with E-state index in [2.05, 4.69) is 5.32 Å². The van der Waals surface area contributed by atoms with E-state index in [0.29, 0.717) is 11.6 Å². The second-order valence-corrected chi connectivity index (χ2v) is 7.71. The van der Waals surface area contributed by atoms with Gasteiger partial charge >= 0.3 is 6.18 Å². The Balaban J connectivity index is 1.37. The molecule has 0 amide bonds. The highest BCUT2D eigenvalue weighted by atomic mass is 19.4. The smallest absolute Gasteiger partial charge is 0.367 e. The lowest BCUT2D eigenvalue weighted by Gasteiger charge is -2.47. The maximum Gasteiger partial charge on any atom is 0.416 e. The molecule has 0 saturated carbocycles. The van der Waals surface area contributed by atoms with E-state index < -0.39 is 11.7 Å². The van der Waals surface area contributed by atoms with Crippen LogP contribution in [0.5, 0.6) is 0 Å². The number of halogens is 3. The minimum Gasteiger partial charge on any atom is -0.367 e. The summed E-state index contributed by atoms with van der Waals surface area (Å²) in [6.07, 6.45) is -1.88. The summed E-state index contributed by atoms with van der Waals surface area (Å²) in [7, 11) is 0. The fourth-order valence-corrected chi connectivity index (χ4v) is 4.02. The summed E-state index contributed by atoms with van der Waals surface area (Å²) in [5, 5.41) is 3.50. The maximum absolute atomic E-state index is 12.6. The van der Waals surface area contributed by atoms with Crippen LogP contribution in [0, 0.1) is 0 Å². The summed E-state index contributed by atoms with van der Waals surface area (Å²) < 4.78 is 43.9. The topological polar surface area (TPSA) is 38.3 Å². The molecular weight excluding hydrogens is 367 g/mol. The average Bonchev–Trinajstić information content (AvgIpc) is 2.69. The van der Waals surface area contributed by atoms with Crippen LogP contribution in [0.2, 0.25) is 0 Å². The number of ketones is 1. The Morgan fingerprint density at radius 3 is 2.11 bits per heavy atom. The molecule has 6 heteroatoms. The quantitative estimate of drug-likeness (QED) is 0.839. The minimum atomic E-state index is -4.36. The number of alkyl halides is 3. The van der Waals surface area contributed by atoms with Gasteiger partial charge in [-0.1, -0.05) is 36.4 Å². The van der Waals surface area contributed by atoms with Gasteiger partial charge in [-0.2, -0.15) is 13.2 Å². The Labute approximate surface area is 161 Å². The fraction of sp³-hybridized carbons (Fsp3) is 0.409. The van der Waals surface area contributed by atoms with Crippen LogP contribution in [0.25, 0.3) is 0 Å². The molecule has 3 nitrogen and oxygen atoms in total. The van der Waals surface area contributed by atoms with Gasteiger partial charge in [0, 0.05) is 25.4 Å². The number of nitrogens with one attached hydrogen (secondary N) is 1. The molecule has 3 fully saturated rings. The van der Waals surface area contributed by atoms with Gasteiger partial charge in [-0.05, 0) is 41.7 Å². The molecule has 3 heterocycles. The van der Waals surface area contributed by atoms with Gasteiger partial charge in [0.15, 0.2) is 0 Å². The third kappa shape index (κ3) is 3.98. The highest BCUT2D eigenvalue weighted by Gasteiger charge is 2.42. The summed E-state index contributed by atoms with van der Waals surface area (Å²) in [4.78, 5) is 12.3. The van der Waals surface area contributed by atoms with Crippen LogP contribution in [-0.4, -0.2) is 25.0 Å². The van der Waals surface area contributed by atoms with E-state index in [1.54, 1.807) is 0 Å². The number of hydrogen-bond donors (Lipinski definition) is 1. The van der Waals surface area contributed by atoms with Gasteiger partial charge in [0.1, 0.15) is 11.4 Å². The number of carbonyl (C=O) groups excluding carboxylic acids is 1. The van der Waals surface area contributed by atoms with Crippen molar-refractivity contribution >= 4 is 5.78 Å². The molecule has 2 bridgehead atoms. The molecular formula is C22H22F3NO2. The van der Waals surface area contributed by atoms with E-state index in [1.807, 2.05) is 24.3 Å². The number of hydrogen-bond acceptors (Lipinski definition) is 3. The summed E-state index contributed by atoms with van der Waals surface area (Å²) in [6, 6.07) is 13.2. The lowest BCUT2D eigenvalue weighted by Crippen LogP contribution is -2.57. The first-order chi connectivity index (χ1) is 13.3. The van der Waals surface area contributed by atoms with Gasteiger partial charge in [-0.25, -0.2) is 0 Å². The number of fused-ring (bicyclic) bond motifs is 3. The second-order valence-electron chi connectivity index (χ2n) is 7.71. The molecule has 28 heavy (non-hydrogen) atoms. The molecule has 3 saturated heterocycles. The maximum atomic E-state index is 12.6. The van der Waals surface area contributed by atoms with Crippen molar-refractivity contribution in [3.63, 3.8) is 0 Å². The monoisotopic (exact) mass is 389 g/mol. The Morgan fingerprint density at radius 1 is 1.04 bits per heavy atom. The van der Waals surface area contributed by atoms with E-state index in [9.17, 15) is 18.0 Å². The van der Waals surface area contributed by atoms with Crippen molar-refractivity contribution in [3.05, 3.63) is 70.8 Å². The predicted molar refractivity (Wildman–Crippen MR) is 99.0 cm³/mol. The van der Waals surface area contributed by atoms with E-state index in [0.717, 1.165) is 49.3 Å². The van der Waals surface area contributed by atoms with Crippen LogP contribution in [0.15, 0.2) is 48.5 Å². The van der Waals surface area contributed by atoms with E-state index in [-0.39, 0.29) is 24.2 Å². The lowest BCUT2D eigenvalue weighted by atomic mass is 9.81. The molecule has 1 N–H and O–H groups in total. The standard InChI is InChI=1S/C22H22F3NO2/c23-22(24,25)18-7-3-16(4-8-18)12-20(27)11-15-1-5-17(6-2-15)21-10-9-19(13-28-21)26-14-21/h1-8,19,26H,9-14H2. The summed E-state index contributed by atoms with van der Waals surface area (Å²) >= 11 is 0. The molecule has 0 radical (unpaired) electrons. The van der Waals surface area contributed by atoms with Crippen molar-refractivity contribution < 1.29 is 22.7 Å². The first kappa shape index (κ1) is 19.2. The van der Waals surface area contributed by atoms with Crippen molar-refractivity contribution in [1.82, 2.24) is 5.32 Å². The molecule has 2 atom stereocenters. The molecule has 148 valence electrons. The molecule has 0 aromatic heterocycles. The predicted octanol–water partition coefficient (Wildman–Crippen LogP) is 4.04. The Bertz CT molecular complexity index is 822. The number of morpholine rings is 1. The summed E-state index contributed by atoms with van der Waals surface area (Å²) in [5.74, 6) is -0.0261. The normalized spacial score (nSPS) is 24.3. The van der Waals surface area contributed by atoms with Gasteiger partial charge in [0.05, 0.1) is 12.2 Å². The average molecular weight is 389 g/mol. The highest BCUT2D eigenvalue weighted by Crippen LogP contribution is 2.38. The summed E-state index contributed by atoms with van der Waals surface area (Å²) in [5.41, 5.74) is 1.64. The van der Waals surface area contributed by atoms with Crippen LogP contribution in [-0.2, 0) is 34.2 Å². The first-order valence-electron chi connectivity index (χ1n) is 9.49. The molecule has 2 unspecified atom stereocenters. The molecule has 0 aliphatic carbocycles. The van der Waals surface area contributed by atoms with Gasteiger partial charge in [-0.15, -0.1) is 0 Å². The SMILES string of the molecule is O=C(Cc1ccc(C(F)(F)F)cc1)Cc1ccc(C23CCC(CO2)NC3)cc1. The van der Waals surface area contributed by atoms with Crippen LogP contribution in [0.1, 0.15) is 35.1 Å². The van der Waals surface area contributed by atoms with Crippen LogP contribution >= 0.6 is 0 Å². The van der Waals surface area contributed by atoms with E-state index in [4.69, 9.17) is 4.74 Å². The lowest BCUT2D eigenvalue weighted by molar-refractivity contribution is -0.137. The largest absolute Gasteiger partial charge is 0.416 e. The van der Waals surface area contributed by atoms with E-state index in [1.165, 1.54) is 12.1 Å². The number of Topliss-reactive ketones (excluding diaryl/α,β-unsaturated/α-hetero) is 1. The Kier molecular flexibility index (Phi) is 5.02.